The van der Waals surface area contributed by atoms with Crippen LogP contribution in [0.2, 0.25) is 0 Å². The molecule has 130 valence electrons. The van der Waals surface area contributed by atoms with Gasteiger partial charge in [-0.3, -0.25) is 19.6 Å². The van der Waals surface area contributed by atoms with Gasteiger partial charge < -0.3 is 10.6 Å². The van der Waals surface area contributed by atoms with E-state index < -0.39 is 0 Å². The molecule has 26 heavy (non-hydrogen) atoms. The van der Waals surface area contributed by atoms with Gasteiger partial charge in [0.1, 0.15) is 0 Å². The molecule has 3 aromatic rings. The van der Waals surface area contributed by atoms with Crippen molar-refractivity contribution in [3.05, 3.63) is 83.4 Å². The zero-order chi connectivity index (χ0) is 18.5. The Balaban J connectivity index is 1.67. The molecule has 2 heterocycles. The average molecular weight is 346 g/mol. The molecule has 0 unspecified atom stereocenters. The van der Waals surface area contributed by atoms with Crippen molar-refractivity contribution in [3.63, 3.8) is 0 Å². The minimum absolute atomic E-state index is 0.243. The van der Waals surface area contributed by atoms with E-state index in [0.717, 1.165) is 11.4 Å². The molecule has 0 saturated heterocycles. The molecule has 6 heteroatoms. The number of nitrogens with zero attached hydrogens (tertiary/aromatic N) is 2. The summed E-state index contributed by atoms with van der Waals surface area (Å²) in [5.74, 6) is -0.486. The van der Waals surface area contributed by atoms with Crippen LogP contribution in [0.15, 0.2) is 60.9 Å². The molecule has 0 spiro atoms. The molecule has 2 N–H and O–H groups in total. The minimum atomic E-state index is -0.243. The highest BCUT2D eigenvalue weighted by molar-refractivity contribution is 6.07. The zero-order valence-corrected chi connectivity index (χ0v) is 14.5. The Kier molecular flexibility index (Phi) is 5.03. The van der Waals surface area contributed by atoms with Crippen LogP contribution in [0.4, 0.5) is 11.4 Å². The van der Waals surface area contributed by atoms with Gasteiger partial charge in [-0.05, 0) is 62.4 Å². The molecule has 2 amide bonds. The van der Waals surface area contributed by atoms with Gasteiger partial charge in [0.2, 0.25) is 0 Å². The van der Waals surface area contributed by atoms with E-state index in [2.05, 4.69) is 20.6 Å². The van der Waals surface area contributed by atoms with Crippen molar-refractivity contribution in [2.75, 3.05) is 10.6 Å². The van der Waals surface area contributed by atoms with Crippen LogP contribution in [-0.4, -0.2) is 21.8 Å². The average Bonchev–Trinajstić information content (AvgIpc) is 2.62. The van der Waals surface area contributed by atoms with Crippen molar-refractivity contribution >= 4 is 23.2 Å². The van der Waals surface area contributed by atoms with Crippen molar-refractivity contribution in [2.45, 2.75) is 13.8 Å². The van der Waals surface area contributed by atoms with Gasteiger partial charge in [0.05, 0.1) is 0 Å². The first-order valence-corrected chi connectivity index (χ1v) is 8.09. The van der Waals surface area contributed by atoms with Crippen LogP contribution in [0.3, 0.4) is 0 Å². The molecule has 0 aliphatic carbocycles. The topological polar surface area (TPSA) is 84.0 Å². The number of aromatic nitrogens is 2. The van der Waals surface area contributed by atoms with Crippen molar-refractivity contribution in [3.8, 4) is 0 Å². The van der Waals surface area contributed by atoms with Gasteiger partial charge in [-0.1, -0.05) is 0 Å². The Labute approximate surface area is 151 Å². The van der Waals surface area contributed by atoms with E-state index >= 15 is 0 Å². The summed E-state index contributed by atoms with van der Waals surface area (Å²) in [6.45, 7) is 3.71. The standard InChI is InChI=1S/C20H18N4O2/c1-13-11-17(7-9-21-13)23-19(25)15-3-5-16(6-4-15)20(26)24-18-8-10-22-14(2)12-18/h3-12H,1-2H3,(H,21,23,25)(H,22,24,26). The molecule has 2 aromatic heterocycles. The van der Waals surface area contributed by atoms with Crippen LogP contribution >= 0.6 is 0 Å². The van der Waals surface area contributed by atoms with Crippen LogP contribution < -0.4 is 10.6 Å². The summed E-state index contributed by atoms with van der Waals surface area (Å²) in [7, 11) is 0. The minimum Gasteiger partial charge on any atom is -0.322 e. The zero-order valence-electron chi connectivity index (χ0n) is 14.5. The van der Waals surface area contributed by atoms with Crippen LogP contribution in [0.1, 0.15) is 32.1 Å². The summed E-state index contributed by atoms with van der Waals surface area (Å²) in [6.07, 6.45) is 3.28. The summed E-state index contributed by atoms with van der Waals surface area (Å²) in [5.41, 5.74) is 3.93. The third kappa shape index (κ3) is 4.30. The lowest BCUT2D eigenvalue weighted by molar-refractivity contribution is 0.101. The largest absolute Gasteiger partial charge is 0.322 e. The van der Waals surface area contributed by atoms with E-state index in [1.807, 2.05) is 13.8 Å². The first-order chi connectivity index (χ1) is 12.5. The summed E-state index contributed by atoms with van der Waals surface area (Å²) in [6, 6.07) is 13.5. The van der Waals surface area contributed by atoms with Gasteiger partial charge in [-0.2, -0.15) is 0 Å². The Morgan fingerprint density at radius 2 is 1.08 bits per heavy atom. The molecule has 0 fully saturated rings. The summed E-state index contributed by atoms with van der Waals surface area (Å²) in [4.78, 5) is 32.8. The smallest absolute Gasteiger partial charge is 0.255 e. The number of aryl methyl sites for hydroxylation is 2. The normalized spacial score (nSPS) is 10.2. The maximum Gasteiger partial charge on any atom is 0.255 e. The molecular formula is C20H18N4O2. The van der Waals surface area contributed by atoms with Crippen LogP contribution in [0.25, 0.3) is 0 Å². The molecule has 0 aliphatic rings. The van der Waals surface area contributed by atoms with Crippen molar-refractivity contribution in [2.24, 2.45) is 0 Å². The number of anilines is 2. The Hall–Kier alpha value is -3.54. The molecule has 1 aromatic carbocycles. The molecule has 0 atom stereocenters. The number of carbonyl (C=O) groups excluding carboxylic acids is 2. The van der Waals surface area contributed by atoms with Crippen LogP contribution in [0, 0.1) is 13.8 Å². The lowest BCUT2D eigenvalue weighted by Gasteiger charge is -2.08. The van der Waals surface area contributed by atoms with Crippen LogP contribution in [0.5, 0.6) is 0 Å². The molecule has 6 nitrogen and oxygen atoms in total. The van der Waals surface area contributed by atoms with Gasteiger partial charge in [0, 0.05) is 46.3 Å². The summed E-state index contributed by atoms with van der Waals surface area (Å²) >= 11 is 0. The fourth-order valence-corrected chi connectivity index (χ4v) is 2.43. The Morgan fingerprint density at radius 3 is 1.42 bits per heavy atom. The fraction of sp³-hybridized carbons (Fsp3) is 0.100. The molecule has 0 radical (unpaired) electrons. The van der Waals surface area contributed by atoms with Gasteiger partial charge in [0.15, 0.2) is 0 Å². The quantitative estimate of drug-likeness (QED) is 0.756. The van der Waals surface area contributed by atoms with Gasteiger partial charge in [-0.15, -0.1) is 0 Å². The first-order valence-electron chi connectivity index (χ1n) is 8.09. The molecule has 0 saturated carbocycles. The van der Waals surface area contributed by atoms with E-state index in [1.54, 1.807) is 60.9 Å². The summed E-state index contributed by atoms with van der Waals surface area (Å²) < 4.78 is 0. The van der Waals surface area contributed by atoms with Gasteiger partial charge >= 0.3 is 0 Å². The number of rotatable bonds is 4. The fourth-order valence-electron chi connectivity index (χ4n) is 2.43. The van der Waals surface area contributed by atoms with E-state index in [-0.39, 0.29) is 11.8 Å². The van der Waals surface area contributed by atoms with E-state index in [1.165, 1.54) is 0 Å². The van der Waals surface area contributed by atoms with Crippen LogP contribution in [-0.2, 0) is 0 Å². The Bertz CT molecular complexity index is 874. The molecule has 0 aliphatic heterocycles. The third-order valence-corrected chi connectivity index (χ3v) is 3.72. The number of nitrogens with one attached hydrogen (secondary N) is 2. The van der Waals surface area contributed by atoms with Gasteiger partial charge in [-0.25, -0.2) is 0 Å². The predicted molar refractivity (Wildman–Crippen MR) is 100 cm³/mol. The highest BCUT2D eigenvalue weighted by Crippen LogP contribution is 2.13. The Morgan fingerprint density at radius 1 is 0.692 bits per heavy atom. The van der Waals surface area contributed by atoms with E-state index in [9.17, 15) is 9.59 Å². The third-order valence-electron chi connectivity index (χ3n) is 3.72. The predicted octanol–water partition coefficient (Wildman–Crippen LogP) is 3.60. The van der Waals surface area contributed by atoms with E-state index in [0.29, 0.717) is 22.5 Å². The lowest BCUT2D eigenvalue weighted by atomic mass is 10.1. The number of pyridine rings is 2. The molecule has 3 rings (SSSR count). The SMILES string of the molecule is Cc1cc(NC(=O)c2ccc(C(=O)Nc3ccnc(C)c3)cc2)ccn1. The van der Waals surface area contributed by atoms with Crippen molar-refractivity contribution < 1.29 is 9.59 Å². The number of amides is 2. The number of hydrogen-bond donors (Lipinski definition) is 2. The summed E-state index contributed by atoms with van der Waals surface area (Å²) in [5, 5.41) is 5.61. The van der Waals surface area contributed by atoms with Crippen molar-refractivity contribution in [1.29, 1.82) is 0 Å². The number of hydrogen-bond acceptors (Lipinski definition) is 4. The number of benzene rings is 1. The maximum absolute atomic E-state index is 12.3. The highest BCUT2D eigenvalue weighted by Gasteiger charge is 2.10. The maximum atomic E-state index is 12.3. The lowest BCUT2D eigenvalue weighted by Crippen LogP contribution is -2.14. The number of carbonyl (C=O) groups is 2. The van der Waals surface area contributed by atoms with E-state index in [4.69, 9.17) is 0 Å². The second-order valence-electron chi connectivity index (χ2n) is 5.86. The molecular weight excluding hydrogens is 328 g/mol. The van der Waals surface area contributed by atoms with Gasteiger partial charge in [0.25, 0.3) is 11.8 Å². The van der Waals surface area contributed by atoms with Crippen molar-refractivity contribution in [1.82, 2.24) is 9.97 Å². The second-order valence-corrected chi connectivity index (χ2v) is 5.86. The monoisotopic (exact) mass is 346 g/mol. The molecule has 0 bridgehead atoms. The first kappa shape index (κ1) is 17.3. The second kappa shape index (κ2) is 7.57. The highest BCUT2D eigenvalue weighted by atomic mass is 16.2.